The molecule has 2 heterocycles. The first-order valence-electron chi connectivity index (χ1n) is 4.68. The average molecular weight is 366 g/mol. The molecule has 2 aromatic rings. The van der Waals surface area contributed by atoms with E-state index in [0.29, 0.717) is 4.83 Å². The van der Waals surface area contributed by atoms with Crippen LogP contribution in [-0.4, -0.2) is 0 Å². The van der Waals surface area contributed by atoms with Crippen LogP contribution >= 0.6 is 54.5 Å². The molecule has 0 saturated carbocycles. The largest absolute Gasteiger partial charge is 0.146 e. The van der Waals surface area contributed by atoms with Gasteiger partial charge in [-0.05, 0) is 45.9 Å². The van der Waals surface area contributed by atoms with E-state index in [1.54, 1.807) is 11.3 Å². The van der Waals surface area contributed by atoms with Crippen LogP contribution in [0.25, 0.3) is 0 Å². The Hall–Kier alpha value is 0.360. The molecule has 0 saturated heterocycles. The molecule has 80 valence electrons. The minimum absolute atomic E-state index is 0.331. The molecule has 1 atom stereocenters. The Labute approximate surface area is 115 Å². The molecule has 0 aliphatic carbocycles. The zero-order valence-corrected chi connectivity index (χ0v) is 13.0. The van der Waals surface area contributed by atoms with E-state index in [1.807, 2.05) is 11.3 Å². The standard InChI is InChI=1S/C11H10Br2S2/c1-2-7-3-4-9(15-7)10(13)11-8(12)5-6-14-11/h3-6,10H,2H2,1H3. The van der Waals surface area contributed by atoms with Crippen LogP contribution in [0.4, 0.5) is 0 Å². The molecule has 0 radical (unpaired) electrons. The average Bonchev–Trinajstić information content (AvgIpc) is 2.84. The highest BCUT2D eigenvalue weighted by Crippen LogP contribution is 2.41. The quantitative estimate of drug-likeness (QED) is 0.619. The number of alkyl halides is 1. The number of aryl methyl sites for hydroxylation is 1. The number of rotatable bonds is 3. The van der Waals surface area contributed by atoms with Crippen LogP contribution < -0.4 is 0 Å². The second-order valence-corrected chi connectivity index (χ2v) is 7.07. The van der Waals surface area contributed by atoms with E-state index in [4.69, 9.17) is 0 Å². The number of hydrogen-bond donors (Lipinski definition) is 0. The Morgan fingerprint density at radius 3 is 2.67 bits per heavy atom. The molecule has 0 bridgehead atoms. The summed E-state index contributed by atoms with van der Waals surface area (Å²) >= 11 is 11.0. The summed E-state index contributed by atoms with van der Waals surface area (Å²) in [6.45, 7) is 2.19. The molecule has 0 aromatic carbocycles. The lowest BCUT2D eigenvalue weighted by Gasteiger charge is -2.05. The third-order valence-electron chi connectivity index (χ3n) is 2.16. The van der Waals surface area contributed by atoms with Crippen LogP contribution in [0.15, 0.2) is 28.1 Å². The first kappa shape index (κ1) is 11.8. The van der Waals surface area contributed by atoms with Crippen LogP contribution in [0, 0.1) is 0 Å². The van der Waals surface area contributed by atoms with Gasteiger partial charge in [-0.1, -0.05) is 22.9 Å². The number of halogens is 2. The molecule has 0 aliphatic heterocycles. The zero-order chi connectivity index (χ0) is 10.8. The van der Waals surface area contributed by atoms with E-state index in [-0.39, 0.29) is 0 Å². The number of thiophene rings is 2. The third kappa shape index (κ3) is 2.54. The molecule has 15 heavy (non-hydrogen) atoms. The van der Waals surface area contributed by atoms with Gasteiger partial charge in [0.05, 0.1) is 4.83 Å². The van der Waals surface area contributed by atoms with Crippen molar-refractivity contribution in [2.24, 2.45) is 0 Å². The molecule has 0 aliphatic rings. The van der Waals surface area contributed by atoms with E-state index < -0.39 is 0 Å². The minimum Gasteiger partial charge on any atom is -0.146 e. The van der Waals surface area contributed by atoms with Crippen molar-refractivity contribution in [3.63, 3.8) is 0 Å². The van der Waals surface area contributed by atoms with Crippen molar-refractivity contribution in [1.82, 2.24) is 0 Å². The summed E-state index contributed by atoms with van der Waals surface area (Å²) in [5.41, 5.74) is 0. The van der Waals surface area contributed by atoms with E-state index in [1.165, 1.54) is 19.1 Å². The van der Waals surface area contributed by atoms with Gasteiger partial charge in [0, 0.05) is 19.1 Å². The van der Waals surface area contributed by atoms with Crippen molar-refractivity contribution in [1.29, 1.82) is 0 Å². The lowest BCUT2D eigenvalue weighted by atomic mass is 10.3. The molecule has 4 heteroatoms. The molecular formula is C11H10Br2S2. The van der Waals surface area contributed by atoms with Crippen LogP contribution in [-0.2, 0) is 6.42 Å². The molecule has 0 nitrogen and oxygen atoms in total. The Morgan fingerprint density at radius 2 is 2.13 bits per heavy atom. The molecular weight excluding hydrogens is 356 g/mol. The maximum absolute atomic E-state index is 3.76. The van der Waals surface area contributed by atoms with Gasteiger partial charge >= 0.3 is 0 Å². The SMILES string of the molecule is CCc1ccc(C(Br)c2sccc2Br)s1. The topological polar surface area (TPSA) is 0 Å². The lowest BCUT2D eigenvalue weighted by molar-refractivity contribution is 1.19. The summed E-state index contributed by atoms with van der Waals surface area (Å²) in [6.07, 6.45) is 1.12. The van der Waals surface area contributed by atoms with E-state index in [9.17, 15) is 0 Å². The van der Waals surface area contributed by atoms with Gasteiger partial charge in [0.1, 0.15) is 0 Å². The predicted molar refractivity (Wildman–Crippen MR) is 76.5 cm³/mol. The van der Waals surface area contributed by atoms with E-state index in [2.05, 4.69) is 62.4 Å². The molecule has 1 unspecified atom stereocenters. The summed E-state index contributed by atoms with van der Waals surface area (Å²) in [5.74, 6) is 0. The molecule has 2 aromatic heterocycles. The van der Waals surface area contributed by atoms with Crippen LogP contribution in [0.3, 0.4) is 0 Å². The normalized spacial score (nSPS) is 13.0. The highest BCUT2D eigenvalue weighted by Gasteiger charge is 2.16. The van der Waals surface area contributed by atoms with Crippen LogP contribution in [0.2, 0.25) is 0 Å². The minimum atomic E-state index is 0.331. The highest BCUT2D eigenvalue weighted by atomic mass is 79.9. The van der Waals surface area contributed by atoms with Crippen molar-refractivity contribution >= 4 is 54.5 Å². The Balaban J connectivity index is 2.28. The predicted octanol–water partition coefficient (Wildman–Crippen LogP) is 5.62. The smallest absolute Gasteiger partial charge is 0.0842 e. The van der Waals surface area contributed by atoms with Crippen LogP contribution in [0.1, 0.15) is 26.4 Å². The highest BCUT2D eigenvalue weighted by molar-refractivity contribution is 9.11. The first-order chi connectivity index (χ1) is 7.22. The second kappa shape index (κ2) is 5.13. The van der Waals surface area contributed by atoms with Gasteiger partial charge in [0.15, 0.2) is 0 Å². The fourth-order valence-corrected chi connectivity index (χ4v) is 5.26. The monoisotopic (exact) mass is 364 g/mol. The molecule has 0 spiro atoms. The summed E-state index contributed by atoms with van der Waals surface area (Å²) in [7, 11) is 0. The molecule has 0 amide bonds. The van der Waals surface area contributed by atoms with Gasteiger partial charge in [-0.25, -0.2) is 0 Å². The number of hydrogen-bond acceptors (Lipinski definition) is 2. The van der Waals surface area contributed by atoms with Gasteiger partial charge < -0.3 is 0 Å². The third-order valence-corrected chi connectivity index (χ3v) is 6.94. The van der Waals surface area contributed by atoms with Crippen LogP contribution in [0.5, 0.6) is 0 Å². The van der Waals surface area contributed by atoms with E-state index >= 15 is 0 Å². The maximum Gasteiger partial charge on any atom is 0.0842 e. The summed E-state index contributed by atoms with van der Waals surface area (Å²) in [5, 5.41) is 2.11. The Kier molecular flexibility index (Phi) is 4.04. The summed E-state index contributed by atoms with van der Waals surface area (Å²) in [6, 6.07) is 6.54. The van der Waals surface area contributed by atoms with Crippen molar-refractivity contribution in [2.45, 2.75) is 18.2 Å². The molecule has 2 rings (SSSR count). The first-order valence-corrected chi connectivity index (χ1v) is 8.08. The van der Waals surface area contributed by atoms with Gasteiger partial charge in [0.25, 0.3) is 0 Å². The van der Waals surface area contributed by atoms with Crippen molar-refractivity contribution in [3.8, 4) is 0 Å². The lowest BCUT2D eigenvalue weighted by Crippen LogP contribution is -1.85. The Bertz CT molecular complexity index is 445. The zero-order valence-electron chi connectivity index (χ0n) is 8.17. The van der Waals surface area contributed by atoms with Crippen molar-refractivity contribution < 1.29 is 0 Å². The van der Waals surface area contributed by atoms with Gasteiger partial charge in [-0.2, -0.15) is 0 Å². The molecule has 0 N–H and O–H groups in total. The summed E-state index contributed by atoms with van der Waals surface area (Å²) < 4.78 is 1.20. The van der Waals surface area contributed by atoms with Crippen molar-refractivity contribution in [2.75, 3.05) is 0 Å². The van der Waals surface area contributed by atoms with E-state index in [0.717, 1.165) is 6.42 Å². The molecule has 0 fully saturated rings. The van der Waals surface area contributed by atoms with Crippen molar-refractivity contribution in [3.05, 3.63) is 42.7 Å². The fraction of sp³-hybridized carbons (Fsp3) is 0.273. The van der Waals surface area contributed by atoms with Gasteiger partial charge in [0.2, 0.25) is 0 Å². The maximum atomic E-state index is 3.76. The van der Waals surface area contributed by atoms with Gasteiger partial charge in [-0.15, -0.1) is 22.7 Å². The summed E-state index contributed by atoms with van der Waals surface area (Å²) in [4.78, 5) is 4.51. The fourth-order valence-electron chi connectivity index (χ4n) is 1.34. The Morgan fingerprint density at radius 1 is 1.33 bits per heavy atom. The van der Waals surface area contributed by atoms with Gasteiger partial charge in [-0.3, -0.25) is 0 Å². The second-order valence-electron chi connectivity index (χ2n) is 3.15.